The Labute approximate surface area is 111 Å². The number of rotatable bonds is 7. The zero-order chi connectivity index (χ0) is 13.9. The number of nitrogens with zero attached hydrogens (tertiary/aromatic N) is 1. The second-order valence-corrected chi connectivity index (χ2v) is 3.54. The van der Waals surface area contributed by atoms with E-state index in [2.05, 4.69) is 10.3 Å². The van der Waals surface area contributed by atoms with Gasteiger partial charge in [-0.1, -0.05) is 6.07 Å². The van der Waals surface area contributed by atoms with E-state index >= 15 is 0 Å². The Morgan fingerprint density at radius 1 is 1.42 bits per heavy atom. The molecular weight excluding hydrogens is 248 g/mol. The Morgan fingerprint density at radius 2 is 2.26 bits per heavy atom. The van der Waals surface area contributed by atoms with Crippen molar-refractivity contribution in [2.24, 2.45) is 0 Å². The van der Waals surface area contributed by atoms with Crippen LogP contribution in [-0.4, -0.2) is 43.7 Å². The molecule has 1 amide bonds. The summed E-state index contributed by atoms with van der Waals surface area (Å²) >= 11 is 0. The smallest absolute Gasteiger partial charge is 0.331 e. The molecule has 0 fully saturated rings. The van der Waals surface area contributed by atoms with Crippen molar-refractivity contribution in [2.75, 3.05) is 26.9 Å². The molecule has 0 bridgehead atoms. The minimum atomic E-state index is -0.590. The van der Waals surface area contributed by atoms with Gasteiger partial charge in [0.1, 0.15) is 0 Å². The summed E-state index contributed by atoms with van der Waals surface area (Å²) < 4.78 is 9.51. The molecule has 0 aliphatic heterocycles. The maximum absolute atomic E-state index is 11.3. The van der Waals surface area contributed by atoms with Crippen LogP contribution >= 0.6 is 0 Å². The van der Waals surface area contributed by atoms with Gasteiger partial charge >= 0.3 is 5.97 Å². The van der Waals surface area contributed by atoms with E-state index in [1.807, 2.05) is 0 Å². The number of carbonyl (C=O) groups excluding carboxylic acids is 2. The van der Waals surface area contributed by atoms with Crippen molar-refractivity contribution >= 4 is 18.0 Å². The van der Waals surface area contributed by atoms with Crippen LogP contribution in [0.1, 0.15) is 5.69 Å². The van der Waals surface area contributed by atoms with Crippen LogP contribution in [0.4, 0.5) is 0 Å². The first kappa shape index (κ1) is 14.8. The van der Waals surface area contributed by atoms with E-state index in [4.69, 9.17) is 9.47 Å². The number of methoxy groups -OCH3 is 1. The van der Waals surface area contributed by atoms with Gasteiger partial charge in [0.15, 0.2) is 6.61 Å². The molecule has 0 saturated heterocycles. The number of ether oxygens (including phenoxy) is 2. The fraction of sp³-hybridized carbons (Fsp3) is 0.308. The van der Waals surface area contributed by atoms with Gasteiger partial charge in [0.05, 0.1) is 12.3 Å². The minimum absolute atomic E-state index is 0.310. The van der Waals surface area contributed by atoms with Crippen molar-refractivity contribution < 1.29 is 19.1 Å². The summed E-state index contributed by atoms with van der Waals surface area (Å²) in [4.78, 5) is 26.5. The fourth-order valence-corrected chi connectivity index (χ4v) is 1.16. The molecule has 0 aliphatic carbocycles. The largest absolute Gasteiger partial charge is 0.452 e. The lowest BCUT2D eigenvalue weighted by Gasteiger charge is -2.04. The molecule has 0 radical (unpaired) electrons. The molecule has 6 nitrogen and oxygen atoms in total. The van der Waals surface area contributed by atoms with Crippen molar-refractivity contribution in [1.29, 1.82) is 0 Å². The second kappa shape index (κ2) is 8.82. The molecule has 6 heteroatoms. The van der Waals surface area contributed by atoms with Crippen molar-refractivity contribution in [3.8, 4) is 0 Å². The third-order valence-electron chi connectivity index (χ3n) is 2.05. The number of nitrogens with one attached hydrogen (secondary N) is 1. The SMILES string of the molecule is COCCNC(=O)COC(=O)/C=C/c1ccccn1. The number of hydrogen-bond donors (Lipinski definition) is 1. The van der Waals surface area contributed by atoms with Crippen LogP contribution in [-0.2, 0) is 19.1 Å². The van der Waals surface area contributed by atoms with Crippen molar-refractivity contribution in [2.45, 2.75) is 0 Å². The van der Waals surface area contributed by atoms with Gasteiger partial charge in [0.25, 0.3) is 5.91 Å². The highest BCUT2D eigenvalue weighted by molar-refractivity contribution is 5.88. The van der Waals surface area contributed by atoms with Crippen LogP contribution in [0.3, 0.4) is 0 Å². The molecule has 0 unspecified atom stereocenters. The van der Waals surface area contributed by atoms with Gasteiger partial charge in [-0.15, -0.1) is 0 Å². The molecule has 0 spiro atoms. The predicted molar refractivity (Wildman–Crippen MR) is 69.1 cm³/mol. The van der Waals surface area contributed by atoms with Crippen molar-refractivity contribution in [1.82, 2.24) is 10.3 Å². The number of aromatic nitrogens is 1. The van der Waals surface area contributed by atoms with E-state index in [0.29, 0.717) is 18.8 Å². The van der Waals surface area contributed by atoms with Gasteiger partial charge in [-0.05, 0) is 18.2 Å². The van der Waals surface area contributed by atoms with Crippen molar-refractivity contribution in [3.63, 3.8) is 0 Å². The monoisotopic (exact) mass is 264 g/mol. The fourth-order valence-electron chi connectivity index (χ4n) is 1.16. The molecule has 1 aromatic rings. The summed E-state index contributed by atoms with van der Waals surface area (Å²) in [6.07, 6.45) is 4.37. The quantitative estimate of drug-likeness (QED) is 0.438. The zero-order valence-electron chi connectivity index (χ0n) is 10.7. The summed E-state index contributed by atoms with van der Waals surface area (Å²) in [5.41, 5.74) is 0.643. The Balaban J connectivity index is 2.24. The maximum atomic E-state index is 11.3. The highest BCUT2D eigenvalue weighted by atomic mass is 16.5. The number of amides is 1. The average molecular weight is 264 g/mol. The third kappa shape index (κ3) is 6.95. The summed E-state index contributed by atoms with van der Waals surface area (Å²) in [6.45, 7) is 0.491. The van der Waals surface area contributed by atoms with Crippen LogP contribution in [0.5, 0.6) is 0 Å². The first-order chi connectivity index (χ1) is 9.22. The summed E-state index contributed by atoms with van der Waals surface area (Å²) in [7, 11) is 1.54. The highest BCUT2D eigenvalue weighted by Crippen LogP contribution is 1.96. The lowest BCUT2D eigenvalue weighted by molar-refractivity contribution is -0.143. The number of pyridine rings is 1. The Morgan fingerprint density at radius 3 is 2.95 bits per heavy atom. The molecule has 0 atom stereocenters. The van der Waals surface area contributed by atoms with Gasteiger partial charge in [-0.25, -0.2) is 4.79 Å². The molecule has 19 heavy (non-hydrogen) atoms. The van der Waals surface area contributed by atoms with Gasteiger partial charge in [-0.2, -0.15) is 0 Å². The Kier molecular flexibility index (Phi) is 6.89. The topological polar surface area (TPSA) is 77.5 Å². The van der Waals surface area contributed by atoms with Crippen LogP contribution in [0, 0.1) is 0 Å². The molecule has 0 aliphatic rings. The first-order valence-corrected chi connectivity index (χ1v) is 5.74. The standard InChI is InChI=1S/C13H16N2O4/c1-18-9-8-15-12(16)10-19-13(17)6-5-11-4-2-3-7-14-11/h2-7H,8-10H2,1H3,(H,15,16)/b6-5+. The van der Waals surface area contributed by atoms with Crippen LogP contribution in [0.25, 0.3) is 6.08 Å². The minimum Gasteiger partial charge on any atom is -0.452 e. The molecular formula is C13H16N2O4. The molecule has 1 heterocycles. The lowest BCUT2D eigenvalue weighted by atomic mass is 10.3. The second-order valence-electron chi connectivity index (χ2n) is 3.54. The van der Waals surface area contributed by atoms with E-state index in [9.17, 15) is 9.59 Å². The molecule has 0 saturated carbocycles. The van der Waals surface area contributed by atoms with Gasteiger partial charge < -0.3 is 14.8 Å². The van der Waals surface area contributed by atoms with Gasteiger partial charge in [-0.3, -0.25) is 9.78 Å². The molecule has 1 rings (SSSR count). The highest BCUT2D eigenvalue weighted by Gasteiger charge is 2.03. The van der Waals surface area contributed by atoms with Crippen LogP contribution in [0.2, 0.25) is 0 Å². The lowest BCUT2D eigenvalue weighted by Crippen LogP contribution is -2.31. The number of esters is 1. The van der Waals surface area contributed by atoms with E-state index in [1.165, 1.54) is 19.3 Å². The van der Waals surface area contributed by atoms with Crippen LogP contribution in [0.15, 0.2) is 30.5 Å². The third-order valence-corrected chi connectivity index (χ3v) is 2.05. The predicted octanol–water partition coefficient (Wildman–Crippen LogP) is 0.401. The summed E-state index contributed by atoms with van der Waals surface area (Å²) in [6, 6.07) is 5.34. The Bertz CT molecular complexity index is 432. The molecule has 1 N–H and O–H groups in total. The number of carbonyl (C=O) groups is 2. The van der Waals surface area contributed by atoms with E-state index in [-0.39, 0.29) is 12.5 Å². The summed E-state index contributed by atoms with van der Waals surface area (Å²) in [5.74, 6) is -0.954. The van der Waals surface area contributed by atoms with Gasteiger partial charge in [0.2, 0.25) is 0 Å². The van der Waals surface area contributed by atoms with E-state index in [0.717, 1.165) is 0 Å². The van der Waals surface area contributed by atoms with Crippen LogP contribution < -0.4 is 5.32 Å². The Hall–Kier alpha value is -2.21. The average Bonchev–Trinajstić information content (AvgIpc) is 2.44. The number of hydrogen-bond acceptors (Lipinski definition) is 5. The normalized spacial score (nSPS) is 10.4. The van der Waals surface area contributed by atoms with Gasteiger partial charge in [0, 0.05) is 25.9 Å². The molecule has 102 valence electrons. The van der Waals surface area contributed by atoms with E-state index in [1.54, 1.807) is 24.4 Å². The molecule has 1 aromatic heterocycles. The maximum Gasteiger partial charge on any atom is 0.331 e. The van der Waals surface area contributed by atoms with E-state index < -0.39 is 5.97 Å². The zero-order valence-corrected chi connectivity index (χ0v) is 10.7. The molecule has 0 aromatic carbocycles. The van der Waals surface area contributed by atoms with Crippen molar-refractivity contribution in [3.05, 3.63) is 36.2 Å². The first-order valence-electron chi connectivity index (χ1n) is 5.74. The summed E-state index contributed by atoms with van der Waals surface area (Å²) in [5, 5.41) is 2.54.